The molecule has 1 aromatic carbocycles. The number of halogens is 1. The summed E-state index contributed by atoms with van der Waals surface area (Å²) >= 11 is 7.57. The van der Waals surface area contributed by atoms with Crippen LogP contribution in [0.5, 0.6) is 0 Å². The van der Waals surface area contributed by atoms with Gasteiger partial charge in [0.2, 0.25) is 5.91 Å². The summed E-state index contributed by atoms with van der Waals surface area (Å²) in [6.45, 7) is 1.98. The van der Waals surface area contributed by atoms with Crippen molar-refractivity contribution in [3.63, 3.8) is 0 Å². The minimum Gasteiger partial charge on any atom is -0.352 e. The number of nitrogens with zero attached hydrogens (tertiary/aromatic N) is 2. The quantitative estimate of drug-likeness (QED) is 0.894. The standard InChI is InChI=1S/C18H18ClN3OS/c1-11-20-15(12-2-4-13(19)5-3-12)10-22(11)17-9-8-16(24-17)18(23)21-14-6-7-14/h2-5,9-10,14,16H,6-8H2,1H3,(H,21,23). The lowest BCUT2D eigenvalue weighted by atomic mass is 10.2. The SMILES string of the molecule is Cc1nc(-c2ccc(Cl)cc2)cn1C1=CCC(C(=O)NC2CC2)S1. The van der Waals surface area contributed by atoms with Gasteiger partial charge in [-0.15, -0.1) is 0 Å². The monoisotopic (exact) mass is 359 g/mol. The fraction of sp³-hybridized carbons (Fsp3) is 0.333. The van der Waals surface area contributed by atoms with E-state index < -0.39 is 0 Å². The van der Waals surface area contributed by atoms with Crippen LogP contribution < -0.4 is 5.32 Å². The van der Waals surface area contributed by atoms with Crippen LogP contribution in [0.25, 0.3) is 16.3 Å². The number of nitrogens with one attached hydrogen (secondary N) is 1. The molecule has 4 rings (SSSR count). The van der Waals surface area contributed by atoms with E-state index in [4.69, 9.17) is 11.6 Å². The van der Waals surface area contributed by atoms with Crippen LogP contribution in [0.3, 0.4) is 0 Å². The molecule has 1 atom stereocenters. The molecule has 4 nitrogen and oxygen atoms in total. The average Bonchev–Trinajstić information content (AvgIpc) is 3.10. The number of allylic oxidation sites excluding steroid dienone is 1. The maximum Gasteiger partial charge on any atom is 0.234 e. The number of rotatable bonds is 4. The van der Waals surface area contributed by atoms with Gasteiger partial charge < -0.3 is 5.32 Å². The summed E-state index contributed by atoms with van der Waals surface area (Å²) in [7, 11) is 0. The number of thioether (sulfide) groups is 1. The van der Waals surface area contributed by atoms with Gasteiger partial charge in [-0.1, -0.05) is 41.6 Å². The minimum atomic E-state index is -0.0265. The summed E-state index contributed by atoms with van der Waals surface area (Å²) in [6.07, 6.45) is 7.16. The maximum atomic E-state index is 12.2. The zero-order chi connectivity index (χ0) is 16.7. The number of imidazole rings is 1. The van der Waals surface area contributed by atoms with Crippen molar-refractivity contribution >= 4 is 34.3 Å². The Balaban J connectivity index is 1.50. The van der Waals surface area contributed by atoms with Gasteiger partial charge in [-0.2, -0.15) is 0 Å². The number of hydrogen-bond acceptors (Lipinski definition) is 3. The second-order valence-corrected chi connectivity index (χ2v) is 7.88. The normalized spacial score (nSPS) is 20.1. The first-order valence-electron chi connectivity index (χ1n) is 8.09. The number of carbonyl (C=O) groups is 1. The molecule has 1 aliphatic heterocycles. The van der Waals surface area contributed by atoms with Gasteiger partial charge in [0.1, 0.15) is 5.82 Å². The van der Waals surface area contributed by atoms with Crippen molar-refractivity contribution in [2.75, 3.05) is 0 Å². The summed E-state index contributed by atoms with van der Waals surface area (Å²) < 4.78 is 2.07. The molecule has 6 heteroatoms. The highest BCUT2D eigenvalue weighted by Gasteiger charge is 2.31. The summed E-state index contributed by atoms with van der Waals surface area (Å²) in [5, 5.41) is 4.86. The second-order valence-electron chi connectivity index (χ2n) is 6.22. The first-order valence-corrected chi connectivity index (χ1v) is 9.35. The van der Waals surface area contributed by atoms with E-state index in [1.54, 1.807) is 11.8 Å². The molecule has 1 aromatic heterocycles. The Hall–Kier alpha value is -1.72. The highest BCUT2D eigenvalue weighted by atomic mass is 35.5. The Morgan fingerprint density at radius 2 is 2.08 bits per heavy atom. The lowest BCUT2D eigenvalue weighted by Gasteiger charge is -2.11. The van der Waals surface area contributed by atoms with Crippen molar-refractivity contribution in [2.45, 2.75) is 37.5 Å². The van der Waals surface area contributed by atoms with Crippen LogP contribution >= 0.6 is 23.4 Å². The zero-order valence-corrected chi connectivity index (χ0v) is 14.9. The van der Waals surface area contributed by atoms with E-state index in [1.807, 2.05) is 37.4 Å². The van der Waals surface area contributed by atoms with Crippen molar-refractivity contribution in [3.8, 4) is 11.3 Å². The van der Waals surface area contributed by atoms with Crippen LogP contribution in [-0.2, 0) is 4.79 Å². The van der Waals surface area contributed by atoms with Gasteiger partial charge in [-0.3, -0.25) is 9.36 Å². The molecular weight excluding hydrogens is 342 g/mol. The van der Waals surface area contributed by atoms with E-state index >= 15 is 0 Å². The van der Waals surface area contributed by atoms with E-state index in [0.717, 1.165) is 41.4 Å². The molecular formula is C18H18ClN3OS. The Morgan fingerprint density at radius 1 is 1.33 bits per heavy atom. The molecule has 2 aliphatic rings. The molecule has 0 saturated heterocycles. The Kier molecular flexibility index (Phi) is 4.14. The van der Waals surface area contributed by atoms with Crippen molar-refractivity contribution < 1.29 is 4.79 Å². The minimum absolute atomic E-state index is 0.0265. The van der Waals surface area contributed by atoms with Crippen molar-refractivity contribution in [2.24, 2.45) is 0 Å². The average molecular weight is 360 g/mol. The molecule has 1 aliphatic carbocycles. The highest BCUT2D eigenvalue weighted by molar-refractivity contribution is 8.09. The number of benzene rings is 1. The van der Waals surface area contributed by atoms with Crippen LogP contribution in [-0.4, -0.2) is 26.8 Å². The number of carbonyl (C=O) groups excluding carboxylic acids is 1. The number of aromatic nitrogens is 2. The molecule has 0 radical (unpaired) electrons. The molecule has 1 N–H and O–H groups in total. The van der Waals surface area contributed by atoms with Crippen molar-refractivity contribution in [3.05, 3.63) is 47.4 Å². The summed E-state index contributed by atoms with van der Waals surface area (Å²) in [5.41, 5.74) is 1.95. The Bertz CT molecular complexity index is 808. The molecule has 1 amide bonds. The van der Waals surface area contributed by atoms with E-state index in [1.165, 1.54) is 0 Å². The predicted molar refractivity (Wildman–Crippen MR) is 98.8 cm³/mol. The molecule has 0 bridgehead atoms. The van der Waals surface area contributed by atoms with E-state index in [-0.39, 0.29) is 11.2 Å². The van der Waals surface area contributed by atoms with E-state index in [9.17, 15) is 4.79 Å². The van der Waals surface area contributed by atoms with Gasteiger partial charge in [0.25, 0.3) is 0 Å². The third-order valence-electron chi connectivity index (χ3n) is 4.25. The van der Waals surface area contributed by atoms with Crippen LogP contribution in [0.2, 0.25) is 5.02 Å². The molecule has 24 heavy (non-hydrogen) atoms. The molecule has 1 unspecified atom stereocenters. The van der Waals surface area contributed by atoms with Gasteiger partial charge in [-0.25, -0.2) is 4.98 Å². The maximum absolute atomic E-state index is 12.2. The predicted octanol–water partition coefficient (Wildman–Crippen LogP) is 4.09. The van der Waals surface area contributed by atoms with Crippen LogP contribution in [0.15, 0.2) is 36.5 Å². The fourth-order valence-corrected chi connectivity index (χ4v) is 4.02. The second kappa shape index (κ2) is 6.30. The van der Waals surface area contributed by atoms with Gasteiger partial charge in [0, 0.05) is 22.8 Å². The lowest BCUT2D eigenvalue weighted by Crippen LogP contribution is -2.33. The van der Waals surface area contributed by atoms with Crippen LogP contribution in [0.1, 0.15) is 25.1 Å². The van der Waals surface area contributed by atoms with E-state index in [0.29, 0.717) is 11.1 Å². The first kappa shape index (κ1) is 15.8. The van der Waals surface area contributed by atoms with Crippen LogP contribution in [0, 0.1) is 6.92 Å². The molecule has 124 valence electrons. The topological polar surface area (TPSA) is 46.9 Å². The molecule has 1 saturated carbocycles. The Labute approximate surface area is 150 Å². The largest absolute Gasteiger partial charge is 0.352 e. The lowest BCUT2D eigenvalue weighted by molar-refractivity contribution is -0.120. The number of hydrogen-bond donors (Lipinski definition) is 1. The van der Waals surface area contributed by atoms with Gasteiger partial charge in [0.05, 0.1) is 16.0 Å². The molecule has 2 aromatic rings. The molecule has 1 fully saturated rings. The smallest absolute Gasteiger partial charge is 0.234 e. The van der Waals surface area contributed by atoms with Crippen LogP contribution in [0.4, 0.5) is 0 Å². The summed E-state index contributed by atoms with van der Waals surface area (Å²) in [4.78, 5) is 16.9. The zero-order valence-electron chi connectivity index (χ0n) is 13.3. The van der Waals surface area contributed by atoms with Gasteiger partial charge >= 0.3 is 0 Å². The third-order valence-corrected chi connectivity index (χ3v) is 5.79. The highest BCUT2D eigenvalue weighted by Crippen LogP contribution is 2.38. The van der Waals surface area contributed by atoms with Crippen molar-refractivity contribution in [1.29, 1.82) is 0 Å². The number of amides is 1. The van der Waals surface area contributed by atoms with Gasteiger partial charge in [-0.05, 0) is 38.3 Å². The van der Waals surface area contributed by atoms with Crippen molar-refractivity contribution in [1.82, 2.24) is 14.9 Å². The Morgan fingerprint density at radius 3 is 2.79 bits per heavy atom. The van der Waals surface area contributed by atoms with Gasteiger partial charge in [0.15, 0.2) is 0 Å². The fourth-order valence-electron chi connectivity index (χ4n) is 2.74. The molecule has 2 heterocycles. The van der Waals surface area contributed by atoms with E-state index in [2.05, 4.69) is 20.9 Å². The first-order chi connectivity index (χ1) is 11.6. The third kappa shape index (κ3) is 3.23. The summed E-state index contributed by atoms with van der Waals surface area (Å²) in [6, 6.07) is 8.08. The number of aryl methyl sites for hydroxylation is 1. The molecule has 0 spiro atoms. The summed E-state index contributed by atoms with van der Waals surface area (Å²) in [5.74, 6) is 1.08.